The van der Waals surface area contributed by atoms with Gasteiger partial charge in [0.1, 0.15) is 0 Å². The van der Waals surface area contributed by atoms with Gasteiger partial charge >= 0.3 is 6.18 Å². The normalized spacial score (nSPS) is 17.9. The highest BCUT2D eigenvalue weighted by molar-refractivity contribution is 5.98. The van der Waals surface area contributed by atoms with E-state index >= 15 is 0 Å². The predicted octanol–water partition coefficient (Wildman–Crippen LogP) is 6.64. The number of aromatic nitrogens is 3. The molecular formula is C30H22F3N5O3. The van der Waals surface area contributed by atoms with E-state index in [-0.39, 0.29) is 11.8 Å². The van der Waals surface area contributed by atoms with Crippen LogP contribution in [0.5, 0.6) is 0 Å². The maximum atomic E-state index is 14.0. The van der Waals surface area contributed by atoms with Gasteiger partial charge in [-0.15, -0.1) is 0 Å². The van der Waals surface area contributed by atoms with Crippen LogP contribution >= 0.6 is 0 Å². The van der Waals surface area contributed by atoms with Crippen LogP contribution in [0.2, 0.25) is 0 Å². The summed E-state index contributed by atoms with van der Waals surface area (Å²) in [7, 11) is 0. The van der Waals surface area contributed by atoms with E-state index in [9.17, 15) is 18.0 Å². The Hall–Kier alpha value is -4.93. The molecule has 2 bridgehead atoms. The molecule has 2 atom stereocenters. The van der Waals surface area contributed by atoms with E-state index in [1.165, 1.54) is 18.9 Å². The molecule has 3 aromatic heterocycles. The average Bonchev–Trinajstić information content (AvgIpc) is 3.76. The van der Waals surface area contributed by atoms with E-state index in [2.05, 4.69) is 20.2 Å². The predicted molar refractivity (Wildman–Crippen MR) is 144 cm³/mol. The van der Waals surface area contributed by atoms with Crippen molar-refractivity contribution < 1.29 is 26.8 Å². The number of nitrogens with zero attached hydrogens (tertiary/aromatic N) is 4. The molecule has 41 heavy (non-hydrogen) atoms. The lowest BCUT2D eigenvalue weighted by atomic mass is 9.84. The summed E-state index contributed by atoms with van der Waals surface area (Å²) in [5, 5.41) is 3.06. The van der Waals surface area contributed by atoms with Gasteiger partial charge in [0.15, 0.2) is 24.3 Å². The number of oxazole rings is 2. The zero-order valence-electron chi connectivity index (χ0n) is 21.4. The first-order valence-corrected chi connectivity index (χ1v) is 13.0. The van der Waals surface area contributed by atoms with Crippen LogP contribution in [0.4, 0.5) is 24.5 Å². The molecule has 1 fully saturated rings. The van der Waals surface area contributed by atoms with Crippen molar-refractivity contribution in [2.45, 2.75) is 18.5 Å². The number of anilines is 2. The lowest BCUT2D eigenvalue weighted by molar-refractivity contribution is -0.137. The molecule has 11 heteroatoms. The largest absolute Gasteiger partial charge is 0.444 e. The molecule has 206 valence electrons. The Morgan fingerprint density at radius 3 is 2.32 bits per heavy atom. The first-order valence-electron chi connectivity index (χ1n) is 13.0. The van der Waals surface area contributed by atoms with Crippen LogP contribution < -0.4 is 10.2 Å². The number of carbonyl (C=O) groups excluding carboxylic acids is 1. The molecule has 0 saturated carbocycles. The van der Waals surface area contributed by atoms with Crippen molar-refractivity contribution in [2.24, 2.45) is 5.92 Å². The Morgan fingerprint density at radius 2 is 1.66 bits per heavy atom. The summed E-state index contributed by atoms with van der Waals surface area (Å²) >= 11 is 0. The fourth-order valence-corrected chi connectivity index (χ4v) is 5.74. The maximum absolute atomic E-state index is 14.0. The average molecular weight is 558 g/mol. The van der Waals surface area contributed by atoms with Crippen LogP contribution in [0.1, 0.15) is 23.6 Å². The number of hydrogen-bond donors (Lipinski definition) is 1. The smallest absolute Gasteiger partial charge is 0.416 e. The molecule has 5 aromatic rings. The number of carbonyl (C=O) groups is 1. The van der Waals surface area contributed by atoms with E-state index in [0.29, 0.717) is 51.8 Å². The van der Waals surface area contributed by atoms with Gasteiger partial charge in [0.2, 0.25) is 5.91 Å². The minimum absolute atomic E-state index is 0.0120. The Labute approximate surface area is 231 Å². The minimum Gasteiger partial charge on any atom is -0.444 e. The van der Waals surface area contributed by atoms with Gasteiger partial charge < -0.3 is 19.1 Å². The number of rotatable bonds is 5. The molecule has 2 aromatic carbocycles. The highest BCUT2D eigenvalue weighted by Gasteiger charge is 2.43. The van der Waals surface area contributed by atoms with E-state index in [0.717, 1.165) is 30.8 Å². The zero-order valence-corrected chi connectivity index (χ0v) is 21.4. The van der Waals surface area contributed by atoms with Gasteiger partial charge in [-0.05, 0) is 54.8 Å². The van der Waals surface area contributed by atoms with Gasteiger partial charge in [0.05, 0.1) is 41.0 Å². The molecule has 1 unspecified atom stereocenters. The third kappa shape index (κ3) is 4.62. The molecule has 0 spiro atoms. The molecule has 7 rings (SSSR count). The number of amides is 1. The van der Waals surface area contributed by atoms with E-state index in [1.54, 1.807) is 36.7 Å². The fourth-order valence-electron chi connectivity index (χ4n) is 5.74. The van der Waals surface area contributed by atoms with Crippen LogP contribution in [-0.4, -0.2) is 33.9 Å². The van der Waals surface area contributed by atoms with Gasteiger partial charge in [-0.3, -0.25) is 4.79 Å². The Balaban J connectivity index is 1.26. The summed E-state index contributed by atoms with van der Waals surface area (Å²) in [4.78, 5) is 28.9. The first-order chi connectivity index (χ1) is 19.8. The summed E-state index contributed by atoms with van der Waals surface area (Å²) in [6.07, 6.45) is 2.14. The number of halogens is 3. The van der Waals surface area contributed by atoms with Gasteiger partial charge in [-0.1, -0.05) is 12.1 Å². The number of alkyl halides is 3. The Bertz CT molecular complexity index is 1680. The van der Waals surface area contributed by atoms with Crippen molar-refractivity contribution in [1.82, 2.24) is 15.0 Å². The molecule has 1 N–H and O–H groups in total. The molecule has 2 aliphatic heterocycles. The zero-order chi connectivity index (χ0) is 28.1. The van der Waals surface area contributed by atoms with Gasteiger partial charge in [-0.25, -0.2) is 15.0 Å². The molecule has 1 amide bonds. The standard InChI is InChI=1S/C30H22F3N5O3/c31-30(32,33)21-3-1-2-17(9-21)23-4-5-24-28(37-23)27(18-6-7-38(24)14-18)29(39)36-22-10-19(25-12-34-15-40-25)8-20(11-22)26-13-35-16-41-26/h1-5,8-13,15-16,18,27H,6-7,14H2,(H,36,39)/t18-,27?/m0/s1. The molecule has 1 saturated heterocycles. The second-order valence-corrected chi connectivity index (χ2v) is 10.2. The van der Waals surface area contributed by atoms with Crippen molar-refractivity contribution in [2.75, 3.05) is 23.3 Å². The van der Waals surface area contributed by atoms with Crippen LogP contribution in [0, 0.1) is 5.92 Å². The SMILES string of the molecule is O=C(Nc1cc(-c2cnco2)cc(-c2cnco2)c1)C1c2nc(-c3cccc(C(F)(F)F)c3)ccc2N2CC[C@H]1C2. The molecule has 0 radical (unpaired) electrons. The molecule has 5 heterocycles. The third-order valence-corrected chi connectivity index (χ3v) is 7.64. The monoisotopic (exact) mass is 557 g/mol. The fraction of sp³-hybridized carbons (Fsp3) is 0.200. The summed E-state index contributed by atoms with van der Waals surface area (Å²) in [6.45, 7) is 1.49. The van der Waals surface area contributed by atoms with Crippen LogP contribution in [0.15, 0.2) is 88.6 Å². The van der Waals surface area contributed by atoms with Gasteiger partial charge in [0.25, 0.3) is 0 Å². The summed E-state index contributed by atoms with van der Waals surface area (Å²) < 4.78 is 51.1. The van der Waals surface area contributed by atoms with E-state index < -0.39 is 17.7 Å². The van der Waals surface area contributed by atoms with E-state index in [1.807, 2.05) is 12.1 Å². The Morgan fingerprint density at radius 1 is 0.927 bits per heavy atom. The van der Waals surface area contributed by atoms with Gasteiger partial charge in [0, 0.05) is 35.5 Å². The quantitative estimate of drug-likeness (QED) is 0.259. The number of nitrogens with one attached hydrogen (secondary N) is 1. The number of benzene rings is 2. The third-order valence-electron chi connectivity index (χ3n) is 7.64. The second-order valence-electron chi connectivity index (χ2n) is 10.2. The number of pyridine rings is 1. The van der Waals surface area contributed by atoms with Crippen LogP contribution in [0.3, 0.4) is 0 Å². The molecule has 8 nitrogen and oxygen atoms in total. The Kier molecular flexibility index (Phi) is 5.88. The highest BCUT2D eigenvalue weighted by atomic mass is 19.4. The number of hydrogen-bond acceptors (Lipinski definition) is 7. The topological polar surface area (TPSA) is 97.3 Å². The molecule has 0 aliphatic carbocycles. The minimum atomic E-state index is -4.47. The van der Waals surface area contributed by atoms with Crippen molar-refractivity contribution in [1.29, 1.82) is 0 Å². The van der Waals surface area contributed by atoms with E-state index in [4.69, 9.17) is 13.8 Å². The van der Waals surface area contributed by atoms with Crippen molar-refractivity contribution >= 4 is 17.3 Å². The van der Waals surface area contributed by atoms with Crippen LogP contribution in [-0.2, 0) is 11.0 Å². The summed E-state index contributed by atoms with van der Waals surface area (Å²) in [5.41, 5.74) is 3.26. The van der Waals surface area contributed by atoms with Crippen molar-refractivity contribution in [3.05, 3.63) is 91.0 Å². The first kappa shape index (κ1) is 25.1. The molecular weight excluding hydrogens is 535 g/mol. The van der Waals surface area contributed by atoms with Crippen molar-refractivity contribution in [3.63, 3.8) is 0 Å². The second kappa shape index (κ2) is 9.61. The van der Waals surface area contributed by atoms with Gasteiger partial charge in [-0.2, -0.15) is 13.2 Å². The lowest BCUT2D eigenvalue weighted by Crippen LogP contribution is -2.36. The molecule has 2 aliphatic rings. The highest BCUT2D eigenvalue weighted by Crippen LogP contribution is 2.45. The summed E-state index contributed by atoms with van der Waals surface area (Å²) in [6, 6.07) is 14.1. The summed E-state index contributed by atoms with van der Waals surface area (Å²) in [5.74, 6) is 0.215. The van der Waals surface area contributed by atoms with Crippen LogP contribution in [0.25, 0.3) is 33.9 Å². The lowest BCUT2D eigenvalue weighted by Gasteiger charge is -2.32. The maximum Gasteiger partial charge on any atom is 0.416 e. The number of fused-ring (bicyclic) bond motifs is 4. The van der Waals surface area contributed by atoms with Crippen molar-refractivity contribution in [3.8, 4) is 33.9 Å².